The summed E-state index contributed by atoms with van der Waals surface area (Å²) < 4.78 is 37.4. The first kappa shape index (κ1) is 11.8. The van der Waals surface area contributed by atoms with Gasteiger partial charge in [0.25, 0.3) is 0 Å². The van der Waals surface area contributed by atoms with Crippen LogP contribution < -0.4 is 5.32 Å². The van der Waals surface area contributed by atoms with E-state index in [1.807, 2.05) is 0 Å². The van der Waals surface area contributed by atoms with Crippen molar-refractivity contribution in [2.24, 2.45) is 0 Å². The summed E-state index contributed by atoms with van der Waals surface area (Å²) >= 11 is 0. The van der Waals surface area contributed by atoms with E-state index in [2.05, 4.69) is 10.3 Å². The Labute approximate surface area is 85.0 Å². The SMILES string of the molecule is CC(CO)Nc1ncccc1C(F)(F)F. The van der Waals surface area contributed by atoms with Crippen LogP contribution in [0.25, 0.3) is 0 Å². The minimum absolute atomic E-state index is 0.256. The fourth-order valence-electron chi connectivity index (χ4n) is 1.03. The molecule has 0 aliphatic carbocycles. The lowest BCUT2D eigenvalue weighted by Gasteiger charge is -2.16. The van der Waals surface area contributed by atoms with E-state index in [4.69, 9.17) is 5.11 Å². The average Bonchev–Trinajstić information content (AvgIpc) is 2.17. The topological polar surface area (TPSA) is 45.1 Å². The molecule has 0 aromatic carbocycles. The maximum absolute atomic E-state index is 12.5. The van der Waals surface area contributed by atoms with Gasteiger partial charge in [-0.05, 0) is 19.1 Å². The van der Waals surface area contributed by atoms with E-state index in [0.29, 0.717) is 0 Å². The fraction of sp³-hybridized carbons (Fsp3) is 0.444. The second-order valence-corrected chi connectivity index (χ2v) is 3.13. The zero-order chi connectivity index (χ0) is 11.5. The number of rotatable bonds is 3. The van der Waals surface area contributed by atoms with Crippen molar-refractivity contribution in [3.05, 3.63) is 23.9 Å². The summed E-state index contributed by atoms with van der Waals surface area (Å²) in [4.78, 5) is 3.59. The Hall–Kier alpha value is -1.30. The number of pyridine rings is 1. The van der Waals surface area contributed by atoms with Gasteiger partial charge in [0.05, 0.1) is 12.2 Å². The molecule has 0 aliphatic heterocycles. The summed E-state index contributed by atoms with van der Waals surface area (Å²) in [6.45, 7) is 1.31. The molecule has 1 heterocycles. The van der Waals surface area contributed by atoms with Gasteiger partial charge >= 0.3 is 6.18 Å². The van der Waals surface area contributed by atoms with Gasteiger partial charge < -0.3 is 10.4 Å². The Kier molecular flexibility index (Phi) is 3.52. The number of aromatic nitrogens is 1. The van der Waals surface area contributed by atoms with E-state index in [-0.39, 0.29) is 12.4 Å². The standard InChI is InChI=1S/C9H11F3N2O/c1-6(5-15)14-8-7(9(10,11)12)3-2-4-13-8/h2-4,6,15H,5H2,1H3,(H,13,14). The number of halogens is 3. The first-order valence-electron chi connectivity index (χ1n) is 4.34. The van der Waals surface area contributed by atoms with Crippen molar-refractivity contribution in [3.63, 3.8) is 0 Å². The number of nitrogens with one attached hydrogen (secondary N) is 1. The van der Waals surface area contributed by atoms with Crippen LogP contribution in [0.5, 0.6) is 0 Å². The van der Waals surface area contributed by atoms with Crippen molar-refractivity contribution in [2.75, 3.05) is 11.9 Å². The largest absolute Gasteiger partial charge is 0.419 e. The van der Waals surface area contributed by atoms with E-state index in [9.17, 15) is 13.2 Å². The molecule has 6 heteroatoms. The molecule has 15 heavy (non-hydrogen) atoms. The molecule has 2 N–H and O–H groups in total. The van der Waals surface area contributed by atoms with Gasteiger partial charge in [-0.15, -0.1) is 0 Å². The summed E-state index contributed by atoms with van der Waals surface area (Å²) in [6, 6.07) is 1.69. The van der Waals surface area contributed by atoms with E-state index in [0.717, 1.165) is 6.07 Å². The van der Waals surface area contributed by atoms with Crippen molar-refractivity contribution in [2.45, 2.75) is 19.1 Å². The third kappa shape index (κ3) is 3.09. The lowest BCUT2D eigenvalue weighted by atomic mass is 10.2. The highest BCUT2D eigenvalue weighted by atomic mass is 19.4. The summed E-state index contributed by atoms with van der Waals surface area (Å²) in [5, 5.41) is 11.2. The van der Waals surface area contributed by atoms with Gasteiger partial charge in [-0.1, -0.05) is 0 Å². The third-order valence-electron chi connectivity index (χ3n) is 1.77. The van der Waals surface area contributed by atoms with E-state index >= 15 is 0 Å². The number of aliphatic hydroxyl groups excluding tert-OH is 1. The molecule has 1 atom stereocenters. The second-order valence-electron chi connectivity index (χ2n) is 3.13. The molecular weight excluding hydrogens is 209 g/mol. The number of alkyl halides is 3. The van der Waals surface area contributed by atoms with Crippen molar-refractivity contribution in [1.82, 2.24) is 4.98 Å². The van der Waals surface area contributed by atoms with Crippen LogP contribution in [-0.4, -0.2) is 22.7 Å². The molecule has 1 rings (SSSR count). The van der Waals surface area contributed by atoms with Crippen molar-refractivity contribution in [3.8, 4) is 0 Å². The van der Waals surface area contributed by atoms with Gasteiger partial charge in [0, 0.05) is 12.2 Å². The van der Waals surface area contributed by atoms with E-state index in [1.54, 1.807) is 6.92 Å². The van der Waals surface area contributed by atoms with Crippen LogP contribution in [0.1, 0.15) is 12.5 Å². The van der Waals surface area contributed by atoms with Gasteiger partial charge in [0.2, 0.25) is 0 Å². The normalized spacial score (nSPS) is 13.7. The van der Waals surface area contributed by atoms with Gasteiger partial charge in [0.1, 0.15) is 5.82 Å². The van der Waals surface area contributed by atoms with Crippen LogP contribution in [0.2, 0.25) is 0 Å². The molecule has 0 amide bonds. The Morgan fingerprint density at radius 3 is 2.73 bits per heavy atom. The van der Waals surface area contributed by atoms with Crippen molar-refractivity contribution in [1.29, 1.82) is 0 Å². The van der Waals surface area contributed by atoms with Gasteiger partial charge in [-0.2, -0.15) is 13.2 Å². The quantitative estimate of drug-likeness (QED) is 0.817. The maximum Gasteiger partial charge on any atom is 0.419 e. The number of aliphatic hydroxyl groups is 1. The highest BCUT2D eigenvalue weighted by molar-refractivity contribution is 5.46. The van der Waals surface area contributed by atoms with Gasteiger partial charge in [-0.3, -0.25) is 0 Å². The van der Waals surface area contributed by atoms with Crippen LogP contribution >= 0.6 is 0 Å². The first-order chi connectivity index (χ1) is 6.95. The zero-order valence-electron chi connectivity index (χ0n) is 8.04. The summed E-state index contributed by atoms with van der Waals surface area (Å²) in [5.41, 5.74) is -0.828. The molecule has 0 bridgehead atoms. The summed E-state index contributed by atoms with van der Waals surface area (Å²) in [7, 11) is 0. The Bertz CT molecular complexity index is 327. The van der Waals surface area contributed by atoms with Crippen molar-refractivity contribution >= 4 is 5.82 Å². The minimum atomic E-state index is -4.44. The molecule has 1 aromatic heterocycles. The molecule has 0 radical (unpaired) electrons. The monoisotopic (exact) mass is 220 g/mol. The number of hydrogen-bond donors (Lipinski definition) is 2. The third-order valence-corrected chi connectivity index (χ3v) is 1.77. The highest BCUT2D eigenvalue weighted by Crippen LogP contribution is 2.33. The predicted molar refractivity (Wildman–Crippen MR) is 49.4 cm³/mol. The molecule has 0 fully saturated rings. The molecule has 1 unspecified atom stereocenters. The Balaban J connectivity index is 2.97. The second kappa shape index (κ2) is 4.48. The molecule has 1 aromatic rings. The smallest absolute Gasteiger partial charge is 0.394 e. The first-order valence-corrected chi connectivity index (χ1v) is 4.34. The number of nitrogens with zero attached hydrogens (tertiary/aromatic N) is 1. The molecule has 0 aliphatic rings. The van der Waals surface area contributed by atoms with Gasteiger partial charge in [0.15, 0.2) is 0 Å². The lowest BCUT2D eigenvalue weighted by molar-refractivity contribution is -0.137. The molecule has 84 valence electrons. The zero-order valence-corrected chi connectivity index (χ0v) is 8.04. The van der Waals surface area contributed by atoms with Crippen molar-refractivity contribution < 1.29 is 18.3 Å². The van der Waals surface area contributed by atoms with E-state index in [1.165, 1.54) is 12.3 Å². The van der Waals surface area contributed by atoms with Crippen LogP contribution in [0.15, 0.2) is 18.3 Å². The lowest BCUT2D eigenvalue weighted by Crippen LogP contribution is -2.22. The minimum Gasteiger partial charge on any atom is -0.394 e. The molecular formula is C9H11F3N2O. The average molecular weight is 220 g/mol. The maximum atomic E-state index is 12.5. The van der Waals surface area contributed by atoms with Crippen LogP contribution in [0, 0.1) is 0 Å². The summed E-state index contributed by atoms with van der Waals surface area (Å²) in [5.74, 6) is -0.258. The van der Waals surface area contributed by atoms with Crippen LogP contribution in [0.4, 0.5) is 19.0 Å². The number of hydrogen-bond acceptors (Lipinski definition) is 3. The molecule has 3 nitrogen and oxygen atoms in total. The molecule has 0 saturated carbocycles. The van der Waals surface area contributed by atoms with Crippen LogP contribution in [0.3, 0.4) is 0 Å². The van der Waals surface area contributed by atoms with E-state index < -0.39 is 17.8 Å². The number of anilines is 1. The van der Waals surface area contributed by atoms with Gasteiger partial charge in [-0.25, -0.2) is 4.98 Å². The fourth-order valence-corrected chi connectivity index (χ4v) is 1.03. The Morgan fingerprint density at radius 2 is 2.20 bits per heavy atom. The highest BCUT2D eigenvalue weighted by Gasteiger charge is 2.34. The Morgan fingerprint density at radius 1 is 1.53 bits per heavy atom. The predicted octanol–water partition coefficient (Wildman–Crippen LogP) is 1.89. The molecule has 0 spiro atoms. The van der Waals surface area contributed by atoms with Crippen LogP contribution in [-0.2, 0) is 6.18 Å². The molecule has 0 saturated heterocycles. The summed E-state index contributed by atoms with van der Waals surface area (Å²) in [6.07, 6.45) is -3.17.